The van der Waals surface area contributed by atoms with Crippen LogP contribution in [-0.2, 0) is 4.79 Å². The van der Waals surface area contributed by atoms with E-state index in [2.05, 4.69) is 17.2 Å². The summed E-state index contributed by atoms with van der Waals surface area (Å²) in [5.74, 6) is 0.0255. The number of carboxylic acid groups (broad SMARTS) is 1. The number of carboxylic acids is 1. The number of carbonyl (C=O) groups excluding carboxylic acids is 1. The topological polar surface area (TPSA) is 79.3 Å². The summed E-state index contributed by atoms with van der Waals surface area (Å²) in [4.78, 5) is 26.6. The lowest BCUT2D eigenvalue weighted by molar-refractivity contribution is -0.131. The highest BCUT2D eigenvalue weighted by Crippen LogP contribution is 2.30. The smallest absolute Gasteiger partial charge is 0.328 e. The van der Waals surface area contributed by atoms with Gasteiger partial charge in [-0.05, 0) is 36.0 Å². The summed E-state index contributed by atoms with van der Waals surface area (Å²) < 4.78 is 0. The van der Waals surface area contributed by atoms with Gasteiger partial charge in [-0.2, -0.15) is 0 Å². The van der Waals surface area contributed by atoms with E-state index < -0.39 is 5.97 Å². The van der Waals surface area contributed by atoms with Crippen molar-refractivity contribution in [1.29, 1.82) is 0 Å². The number of carbonyl (C=O) groups is 2. The number of nitrogens with zero attached hydrogens (tertiary/aromatic N) is 1. The maximum Gasteiger partial charge on any atom is 0.328 e. The minimum Gasteiger partial charge on any atom is -0.478 e. The Morgan fingerprint density at radius 2 is 2.24 bits per heavy atom. The van der Waals surface area contributed by atoms with Gasteiger partial charge in [-0.3, -0.25) is 9.78 Å². The van der Waals surface area contributed by atoms with Crippen molar-refractivity contribution in [3.05, 3.63) is 35.7 Å². The van der Waals surface area contributed by atoms with Crippen molar-refractivity contribution >= 4 is 18.0 Å². The second-order valence-corrected chi connectivity index (χ2v) is 5.56. The van der Waals surface area contributed by atoms with E-state index in [-0.39, 0.29) is 5.91 Å². The number of aliphatic carboxylic acids is 1. The lowest BCUT2D eigenvalue weighted by atomic mass is 9.98. The van der Waals surface area contributed by atoms with E-state index in [0.29, 0.717) is 29.5 Å². The summed E-state index contributed by atoms with van der Waals surface area (Å²) >= 11 is 0. The molecule has 2 rings (SSSR count). The van der Waals surface area contributed by atoms with Crippen LogP contribution in [0.1, 0.15) is 42.1 Å². The molecular weight excluding hydrogens is 268 g/mol. The van der Waals surface area contributed by atoms with E-state index in [4.69, 9.17) is 5.11 Å². The third-order valence-corrected chi connectivity index (χ3v) is 4.00. The maximum atomic E-state index is 12.1. The summed E-state index contributed by atoms with van der Waals surface area (Å²) in [7, 11) is 0. The van der Waals surface area contributed by atoms with Gasteiger partial charge in [0, 0.05) is 25.0 Å². The molecule has 1 aromatic rings. The number of nitrogens with one attached hydrogen (secondary N) is 1. The molecule has 0 bridgehead atoms. The quantitative estimate of drug-likeness (QED) is 0.815. The molecule has 5 nitrogen and oxygen atoms in total. The molecule has 2 N–H and O–H groups in total. The molecule has 2 atom stereocenters. The van der Waals surface area contributed by atoms with E-state index >= 15 is 0 Å². The van der Waals surface area contributed by atoms with E-state index in [0.717, 1.165) is 6.08 Å². The van der Waals surface area contributed by atoms with Crippen LogP contribution in [0.25, 0.3) is 6.08 Å². The fourth-order valence-electron chi connectivity index (χ4n) is 2.69. The molecule has 112 valence electrons. The number of amides is 1. The highest BCUT2D eigenvalue weighted by atomic mass is 16.4. The summed E-state index contributed by atoms with van der Waals surface area (Å²) in [6, 6.07) is 1.64. The van der Waals surface area contributed by atoms with Gasteiger partial charge in [0.15, 0.2) is 0 Å². The van der Waals surface area contributed by atoms with Crippen LogP contribution < -0.4 is 5.32 Å². The number of pyridine rings is 1. The van der Waals surface area contributed by atoms with Crippen LogP contribution in [-0.4, -0.2) is 28.5 Å². The largest absolute Gasteiger partial charge is 0.478 e. The highest BCUT2D eigenvalue weighted by molar-refractivity contribution is 5.94. The number of aromatic nitrogens is 1. The van der Waals surface area contributed by atoms with E-state index in [1.165, 1.54) is 37.7 Å². The van der Waals surface area contributed by atoms with Gasteiger partial charge < -0.3 is 10.4 Å². The molecule has 0 aromatic carbocycles. The van der Waals surface area contributed by atoms with Crippen molar-refractivity contribution in [1.82, 2.24) is 10.3 Å². The molecule has 1 saturated carbocycles. The molecule has 1 amide bonds. The van der Waals surface area contributed by atoms with Gasteiger partial charge in [0.2, 0.25) is 0 Å². The first kappa shape index (κ1) is 15.2. The van der Waals surface area contributed by atoms with Gasteiger partial charge in [-0.15, -0.1) is 0 Å². The highest BCUT2D eigenvalue weighted by Gasteiger charge is 2.23. The second kappa shape index (κ2) is 7.02. The fourth-order valence-corrected chi connectivity index (χ4v) is 2.69. The van der Waals surface area contributed by atoms with Crippen LogP contribution in [0.5, 0.6) is 0 Å². The van der Waals surface area contributed by atoms with Crippen LogP contribution in [0, 0.1) is 11.8 Å². The Balaban J connectivity index is 1.95. The molecule has 0 aliphatic heterocycles. The molecule has 1 fully saturated rings. The Morgan fingerprint density at radius 3 is 2.90 bits per heavy atom. The molecule has 1 heterocycles. The van der Waals surface area contributed by atoms with E-state index in [1.54, 1.807) is 6.07 Å². The Hall–Kier alpha value is -2.17. The molecule has 1 aliphatic rings. The van der Waals surface area contributed by atoms with Crippen LogP contribution in [0.3, 0.4) is 0 Å². The van der Waals surface area contributed by atoms with Crippen molar-refractivity contribution in [2.75, 3.05) is 6.54 Å². The van der Waals surface area contributed by atoms with E-state index in [9.17, 15) is 9.59 Å². The van der Waals surface area contributed by atoms with Gasteiger partial charge in [-0.25, -0.2) is 4.79 Å². The van der Waals surface area contributed by atoms with Crippen LogP contribution in [0.2, 0.25) is 0 Å². The minimum atomic E-state index is -1.03. The average Bonchev–Trinajstić information content (AvgIpc) is 2.88. The van der Waals surface area contributed by atoms with Gasteiger partial charge >= 0.3 is 5.97 Å². The molecular formula is C16H20N2O3. The molecule has 5 heteroatoms. The Kier molecular flexibility index (Phi) is 5.09. The predicted molar refractivity (Wildman–Crippen MR) is 79.7 cm³/mol. The lowest BCUT2D eigenvalue weighted by Gasteiger charge is -2.15. The minimum absolute atomic E-state index is 0.160. The zero-order valence-corrected chi connectivity index (χ0v) is 12.1. The van der Waals surface area contributed by atoms with Gasteiger partial charge in [0.05, 0.1) is 5.56 Å². The van der Waals surface area contributed by atoms with Crippen molar-refractivity contribution in [2.45, 2.75) is 26.2 Å². The fraction of sp³-hybridized carbons (Fsp3) is 0.438. The molecule has 0 radical (unpaired) electrons. The van der Waals surface area contributed by atoms with Gasteiger partial charge in [0.25, 0.3) is 5.91 Å². The summed E-state index contributed by atoms with van der Waals surface area (Å²) in [5.41, 5.74) is 1.05. The Labute approximate surface area is 124 Å². The summed E-state index contributed by atoms with van der Waals surface area (Å²) in [5, 5.41) is 11.5. The molecule has 21 heavy (non-hydrogen) atoms. The molecule has 2 unspecified atom stereocenters. The monoisotopic (exact) mass is 288 g/mol. The van der Waals surface area contributed by atoms with Crippen molar-refractivity contribution in [2.24, 2.45) is 11.8 Å². The predicted octanol–water partition coefficient (Wildman–Crippen LogP) is 2.35. The van der Waals surface area contributed by atoms with Crippen molar-refractivity contribution in [3.8, 4) is 0 Å². The van der Waals surface area contributed by atoms with E-state index in [1.807, 2.05) is 0 Å². The lowest BCUT2D eigenvalue weighted by Crippen LogP contribution is -2.30. The number of hydrogen-bond donors (Lipinski definition) is 2. The normalized spacial score (nSPS) is 21.6. The van der Waals surface area contributed by atoms with Crippen LogP contribution in [0.4, 0.5) is 0 Å². The average molecular weight is 288 g/mol. The SMILES string of the molecule is CC1CCCC1CNC(=O)c1cncc(/C=C/C(=O)O)c1. The third-order valence-electron chi connectivity index (χ3n) is 4.00. The Bertz CT molecular complexity index is 554. The zero-order valence-electron chi connectivity index (χ0n) is 12.1. The zero-order chi connectivity index (χ0) is 15.2. The first-order chi connectivity index (χ1) is 10.1. The van der Waals surface area contributed by atoms with Crippen molar-refractivity contribution < 1.29 is 14.7 Å². The van der Waals surface area contributed by atoms with Crippen LogP contribution >= 0.6 is 0 Å². The number of hydrogen-bond acceptors (Lipinski definition) is 3. The summed E-state index contributed by atoms with van der Waals surface area (Å²) in [6.07, 6.45) is 9.10. The second-order valence-electron chi connectivity index (χ2n) is 5.56. The first-order valence-corrected chi connectivity index (χ1v) is 7.20. The standard InChI is InChI=1S/C16H20N2O3/c1-11-3-2-4-13(11)10-18-16(21)14-7-12(8-17-9-14)5-6-15(19)20/h5-9,11,13H,2-4,10H2,1H3,(H,18,21)(H,19,20)/b6-5+. The molecule has 0 saturated heterocycles. The Morgan fingerprint density at radius 1 is 1.43 bits per heavy atom. The molecule has 0 spiro atoms. The number of rotatable bonds is 5. The van der Waals surface area contributed by atoms with Gasteiger partial charge in [0.1, 0.15) is 0 Å². The van der Waals surface area contributed by atoms with Crippen LogP contribution in [0.15, 0.2) is 24.5 Å². The van der Waals surface area contributed by atoms with Gasteiger partial charge in [-0.1, -0.05) is 19.8 Å². The molecule has 1 aromatic heterocycles. The first-order valence-electron chi connectivity index (χ1n) is 7.20. The maximum absolute atomic E-state index is 12.1. The summed E-state index contributed by atoms with van der Waals surface area (Å²) in [6.45, 7) is 2.91. The third kappa shape index (κ3) is 4.41. The van der Waals surface area contributed by atoms with Crippen molar-refractivity contribution in [3.63, 3.8) is 0 Å². The molecule has 1 aliphatic carbocycles.